The van der Waals surface area contributed by atoms with E-state index in [4.69, 9.17) is 0 Å². The number of amides is 1. The number of nitrogens with one attached hydrogen (secondary N) is 1. The zero-order valence-corrected chi connectivity index (χ0v) is 13.3. The molecule has 0 atom stereocenters. The van der Waals surface area contributed by atoms with E-state index in [9.17, 15) is 15.0 Å². The monoisotopic (exact) mass is 396 g/mol. The Morgan fingerprint density at radius 1 is 1.24 bits per heavy atom. The van der Waals surface area contributed by atoms with Crippen LogP contribution in [0.15, 0.2) is 41.4 Å². The highest BCUT2D eigenvalue weighted by atomic mass is 127. The SMILES string of the molecule is CC(=O)Nc1cccc(/N=C\c2cc(I)c(O)cc2O)c1. The Balaban J connectivity index is 2.25. The van der Waals surface area contributed by atoms with E-state index in [0.29, 0.717) is 20.5 Å². The van der Waals surface area contributed by atoms with Gasteiger partial charge in [0.1, 0.15) is 11.5 Å². The summed E-state index contributed by atoms with van der Waals surface area (Å²) < 4.78 is 0.624. The molecule has 0 bridgehead atoms. The summed E-state index contributed by atoms with van der Waals surface area (Å²) in [6.07, 6.45) is 1.50. The second-order valence-electron chi connectivity index (χ2n) is 4.35. The molecule has 5 nitrogen and oxygen atoms in total. The highest BCUT2D eigenvalue weighted by Gasteiger charge is 2.05. The molecule has 0 fully saturated rings. The summed E-state index contributed by atoms with van der Waals surface area (Å²) in [5.74, 6) is -0.172. The van der Waals surface area contributed by atoms with Crippen molar-refractivity contribution in [3.63, 3.8) is 0 Å². The third kappa shape index (κ3) is 4.19. The molecule has 0 saturated heterocycles. The van der Waals surface area contributed by atoms with Gasteiger partial charge in [-0.1, -0.05) is 6.07 Å². The van der Waals surface area contributed by atoms with Gasteiger partial charge in [0.2, 0.25) is 5.91 Å². The Labute approximate surface area is 135 Å². The summed E-state index contributed by atoms with van der Waals surface area (Å²) in [7, 11) is 0. The summed E-state index contributed by atoms with van der Waals surface area (Å²) in [6, 6.07) is 9.95. The number of hydrogen-bond acceptors (Lipinski definition) is 4. The first kappa shape index (κ1) is 15.3. The van der Waals surface area contributed by atoms with E-state index in [1.165, 1.54) is 19.2 Å². The van der Waals surface area contributed by atoms with Gasteiger partial charge in [-0.15, -0.1) is 0 Å². The third-order valence-electron chi connectivity index (χ3n) is 2.62. The van der Waals surface area contributed by atoms with E-state index in [-0.39, 0.29) is 17.4 Å². The topological polar surface area (TPSA) is 81.9 Å². The van der Waals surface area contributed by atoms with Crippen molar-refractivity contribution in [2.75, 3.05) is 5.32 Å². The average molecular weight is 396 g/mol. The maximum Gasteiger partial charge on any atom is 0.221 e. The summed E-state index contributed by atoms with van der Waals surface area (Å²) in [5, 5.41) is 21.9. The van der Waals surface area contributed by atoms with Crippen LogP contribution in [0.5, 0.6) is 11.5 Å². The lowest BCUT2D eigenvalue weighted by atomic mass is 10.2. The quantitative estimate of drug-likeness (QED) is 0.550. The average Bonchev–Trinajstić information content (AvgIpc) is 2.41. The van der Waals surface area contributed by atoms with Crippen LogP contribution in [0.4, 0.5) is 11.4 Å². The Hall–Kier alpha value is -2.09. The van der Waals surface area contributed by atoms with Crippen LogP contribution in [-0.4, -0.2) is 22.3 Å². The zero-order valence-electron chi connectivity index (χ0n) is 11.2. The first-order valence-corrected chi connectivity index (χ1v) is 7.17. The predicted octanol–water partition coefficient (Wildman–Crippen LogP) is 3.41. The van der Waals surface area contributed by atoms with Crippen molar-refractivity contribution in [2.24, 2.45) is 4.99 Å². The predicted molar refractivity (Wildman–Crippen MR) is 90.5 cm³/mol. The van der Waals surface area contributed by atoms with Crippen LogP contribution in [-0.2, 0) is 4.79 Å². The fraction of sp³-hybridized carbons (Fsp3) is 0.0667. The molecule has 0 radical (unpaired) electrons. The van der Waals surface area contributed by atoms with E-state index in [1.54, 1.807) is 30.3 Å². The van der Waals surface area contributed by atoms with Gasteiger partial charge in [0, 0.05) is 30.5 Å². The van der Waals surface area contributed by atoms with Gasteiger partial charge in [0.15, 0.2) is 0 Å². The van der Waals surface area contributed by atoms with Crippen LogP contribution in [0.2, 0.25) is 0 Å². The van der Waals surface area contributed by atoms with Crippen molar-refractivity contribution in [3.8, 4) is 11.5 Å². The highest BCUT2D eigenvalue weighted by Crippen LogP contribution is 2.28. The molecular formula is C15H13IN2O3. The minimum Gasteiger partial charge on any atom is -0.507 e. The summed E-state index contributed by atoms with van der Waals surface area (Å²) in [4.78, 5) is 15.3. The maximum absolute atomic E-state index is 11.0. The van der Waals surface area contributed by atoms with Crippen LogP contribution in [0.1, 0.15) is 12.5 Å². The highest BCUT2D eigenvalue weighted by molar-refractivity contribution is 14.1. The van der Waals surface area contributed by atoms with Gasteiger partial charge in [0.05, 0.1) is 9.26 Å². The number of anilines is 1. The molecule has 0 aliphatic heterocycles. The van der Waals surface area contributed by atoms with E-state index in [0.717, 1.165) is 0 Å². The minimum atomic E-state index is -0.151. The summed E-state index contributed by atoms with van der Waals surface area (Å²) in [6.45, 7) is 1.44. The summed E-state index contributed by atoms with van der Waals surface area (Å²) in [5.41, 5.74) is 1.80. The Kier molecular flexibility index (Phi) is 4.79. The van der Waals surface area contributed by atoms with Gasteiger partial charge in [-0.2, -0.15) is 0 Å². The smallest absolute Gasteiger partial charge is 0.221 e. The molecule has 2 aromatic carbocycles. The minimum absolute atomic E-state index is 0.0258. The van der Waals surface area contributed by atoms with Gasteiger partial charge < -0.3 is 15.5 Å². The Morgan fingerprint density at radius 2 is 2.00 bits per heavy atom. The maximum atomic E-state index is 11.0. The number of carbonyl (C=O) groups excluding carboxylic acids is 1. The van der Waals surface area contributed by atoms with Crippen molar-refractivity contribution in [1.29, 1.82) is 0 Å². The second kappa shape index (κ2) is 6.57. The molecule has 0 heterocycles. The van der Waals surface area contributed by atoms with Crippen molar-refractivity contribution in [1.82, 2.24) is 0 Å². The molecule has 0 spiro atoms. The lowest BCUT2D eigenvalue weighted by Crippen LogP contribution is -2.05. The summed E-state index contributed by atoms with van der Waals surface area (Å²) >= 11 is 1.97. The number of rotatable bonds is 3. The van der Waals surface area contributed by atoms with Crippen LogP contribution < -0.4 is 5.32 Å². The van der Waals surface area contributed by atoms with Crippen LogP contribution >= 0.6 is 22.6 Å². The van der Waals surface area contributed by atoms with Gasteiger partial charge in [0.25, 0.3) is 0 Å². The largest absolute Gasteiger partial charge is 0.507 e. The van der Waals surface area contributed by atoms with E-state index >= 15 is 0 Å². The standard InChI is InChI=1S/C15H13IN2O3/c1-9(19)18-12-4-2-3-11(6-12)17-8-10-5-13(16)15(21)7-14(10)20/h2-8,20-21H,1H3,(H,18,19)/b17-8-. The van der Waals surface area contributed by atoms with E-state index in [2.05, 4.69) is 10.3 Å². The van der Waals surface area contributed by atoms with Gasteiger partial charge in [-0.25, -0.2) is 0 Å². The number of phenolic OH excluding ortho intramolecular Hbond substituents is 2. The molecule has 0 aliphatic carbocycles. The van der Waals surface area contributed by atoms with Gasteiger partial charge in [-0.05, 0) is 46.9 Å². The fourth-order valence-electron chi connectivity index (χ4n) is 1.68. The number of phenols is 2. The molecule has 21 heavy (non-hydrogen) atoms. The number of hydrogen-bond donors (Lipinski definition) is 3. The lowest BCUT2D eigenvalue weighted by Gasteiger charge is -2.04. The number of aromatic hydroxyl groups is 2. The van der Waals surface area contributed by atoms with Crippen LogP contribution in [0, 0.1) is 3.57 Å². The molecule has 1 amide bonds. The molecule has 3 N–H and O–H groups in total. The fourth-order valence-corrected chi connectivity index (χ4v) is 2.17. The van der Waals surface area contributed by atoms with Crippen molar-refractivity contribution >= 4 is 46.1 Å². The lowest BCUT2D eigenvalue weighted by molar-refractivity contribution is -0.114. The molecule has 2 rings (SSSR count). The van der Waals surface area contributed by atoms with Crippen molar-refractivity contribution in [2.45, 2.75) is 6.92 Å². The molecule has 0 unspecified atom stereocenters. The number of halogens is 1. The van der Waals surface area contributed by atoms with Crippen LogP contribution in [0.3, 0.4) is 0 Å². The Bertz CT molecular complexity index is 714. The molecule has 6 heteroatoms. The first-order valence-electron chi connectivity index (χ1n) is 6.09. The Morgan fingerprint density at radius 3 is 2.71 bits per heavy atom. The molecule has 108 valence electrons. The van der Waals surface area contributed by atoms with Crippen molar-refractivity contribution in [3.05, 3.63) is 45.5 Å². The van der Waals surface area contributed by atoms with Crippen molar-refractivity contribution < 1.29 is 15.0 Å². The number of carbonyl (C=O) groups is 1. The third-order valence-corrected chi connectivity index (χ3v) is 3.48. The van der Waals surface area contributed by atoms with E-state index in [1.807, 2.05) is 22.6 Å². The molecule has 0 saturated carbocycles. The number of nitrogens with zero attached hydrogens (tertiary/aromatic N) is 1. The molecule has 2 aromatic rings. The molecular weight excluding hydrogens is 383 g/mol. The molecule has 0 aromatic heterocycles. The number of aliphatic imine (C=N–C) groups is 1. The number of benzene rings is 2. The van der Waals surface area contributed by atoms with Gasteiger partial charge in [-0.3, -0.25) is 9.79 Å². The van der Waals surface area contributed by atoms with E-state index < -0.39 is 0 Å². The normalized spacial score (nSPS) is 10.8. The van der Waals surface area contributed by atoms with Crippen LogP contribution in [0.25, 0.3) is 0 Å². The zero-order chi connectivity index (χ0) is 15.4. The molecule has 0 aliphatic rings. The van der Waals surface area contributed by atoms with Gasteiger partial charge >= 0.3 is 0 Å². The second-order valence-corrected chi connectivity index (χ2v) is 5.51. The first-order chi connectivity index (χ1) is 9.95.